The minimum Gasteiger partial charge on any atom is -0.389 e. The lowest BCUT2D eigenvalue weighted by Crippen LogP contribution is -2.36. The van der Waals surface area contributed by atoms with Crippen molar-refractivity contribution in [3.63, 3.8) is 0 Å². The van der Waals surface area contributed by atoms with Crippen molar-refractivity contribution in [3.05, 3.63) is 29.6 Å². The van der Waals surface area contributed by atoms with Gasteiger partial charge >= 0.3 is 10.2 Å². The normalized spacial score (nSPS) is 11.6. The van der Waals surface area contributed by atoms with Crippen LogP contribution in [0, 0.1) is 5.82 Å². The van der Waals surface area contributed by atoms with E-state index in [1.54, 1.807) is 13.8 Å². The van der Waals surface area contributed by atoms with Crippen LogP contribution in [-0.4, -0.2) is 30.8 Å². The topological polar surface area (TPSA) is 75.4 Å². The molecule has 106 valence electrons. The zero-order valence-electron chi connectivity index (χ0n) is 10.7. The van der Waals surface area contributed by atoms with E-state index in [9.17, 15) is 12.8 Å². The molecular formula is C11H16FN3O2S2. The lowest BCUT2D eigenvalue weighted by molar-refractivity contribution is 0.449. The molecule has 0 bridgehead atoms. The molecule has 0 aliphatic carbocycles. The molecule has 3 N–H and O–H groups in total. The number of benzene rings is 1. The van der Waals surface area contributed by atoms with Crippen molar-refractivity contribution in [2.75, 3.05) is 17.8 Å². The van der Waals surface area contributed by atoms with E-state index in [1.807, 2.05) is 0 Å². The first-order chi connectivity index (χ1) is 8.81. The van der Waals surface area contributed by atoms with Gasteiger partial charge in [-0.25, -0.2) is 4.39 Å². The summed E-state index contributed by atoms with van der Waals surface area (Å²) < 4.78 is 40.8. The first-order valence-electron chi connectivity index (χ1n) is 5.69. The first kappa shape index (κ1) is 15.8. The van der Waals surface area contributed by atoms with Gasteiger partial charge in [0.2, 0.25) is 0 Å². The Morgan fingerprint density at radius 3 is 2.47 bits per heavy atom. The van der Waals surface area contributed by atoms with Crippen LogP contribution in [0.5, 0.6) is 0 Å². The summed E-state index contributed by atoms with van der Waals surface area (Å²) >= 11 is 4.78. The van der Waals surface area contributed by atoms with Crippen LogP contribution in [0.1, 0.15) is 19.4 Å². The Balaban J connectivity index is 3.16. The highest BCUT2D eigenvalue weighted by Crippen LogP contribution is 2.19. The fraction of sp³-hybridized carbons (Fsp3) is 0.364. The molecule has 0 aromatic heterocycles. The highest BCUT2D eigenvalue weighted by molar-refractivity contribution is 7.90. The fourth-order valence-electron chi connectivity index (χ4n) is 1.58. The Labute approximate surface area is 117 Å². The van der Waals surface area contributed by atoms with Gasteiger partial charge in [0.15, 0.2) is 0 Å². The van der Waals surface area contributed by atoms with E-state index in [-0.39, 0.29) is 16.2 Å². The van der Waals surface area contributed by atoms with Gasteiger partial charge in [0.1, 0.15) is 10.8 Å². The van der Waals surface area contributed by atoms with Crippen LogP contribution in [0.3, 0.4) is 0 Å². The summed E-state index contributed by atoms with van der Waals surface area (Å²) in [5, 5.41) is 0. The van der Waals surface area contributed by atoms with Crippen molar-refractivity contribution >= 4 is 33.1 Å². The molecule has 0 fully saturated rings. The van der Waals surface area contributed by atoms with Crippen molar-refractivity contribution in [2.45, 2.75) is 13.8 Å². The maximum atomic E-state index is 13.1. The van der Waals surface area contributed by atoms with Crippen LogP contribution in [-0.2, 0) is 10.2 Å². The molecule has 0 radical (unpaired) electrons. The Kier molecular flexibility index (Phi) is 5.21. The predicted octanol–water partition coefficient (Wildman–Crippen LogP) is 1.46. The van der Waals surface area contributed by atoms with E-state index < -0.39 is 16.0 Å². The van der Waals surface area contributed by atoms with Crippen molar-refractivity contribution < 1.29 is 12.8 Å². The second-order valence-corrected chi connectivity index (χ2v) is 5.86. The van der Waals surface area contributed by atoms with E-state index in [2.05, 4.69) is 4.72 Å². The number of nitrogens with zero attached hydrogens (tertiary/aromatic N) is 1. The van der Waals surface area contributed by atoms with Gasteiger partial charge in [-0.2, -0.15) is 12.7 Å². The molecule has 0 atom stereocenters. The van der Waals surface area contributed by atoms with Crippen LogP contribution in [0.2, 0.25) is 0 Å². The van der Waals surface area contributed by atoms with Gasteiger partial charge in [-0.15, -0.1) is 0 Å². The lowest BCUT2D eigenvalue weighted by atomic mass is 10.2. The predicted molar refractivity (Wildman–Crippen MR) is 77.8 cm³/mol. The molecule has 5 nitrogen and oxygen atoms in total. The Morgan fingerprint density at radius 2 is 2.00 bits per heavy atom. The fourth-order valence-corrected chi connectivity index (χ4v) is 3.01. The summed E-state index contributed by atoms with van der Waals surface area (Å²) in [4.78, 5) is -0.0725. The molecule has 19 heavy (non-hydrogen) atoms. The van der Waals surface area contributed by atoms with Crippen molar-refractivity contribution in [1.82, 2.24) is 4.31 Å². The van der Waals surface area contributed by atoms with Gasteiger partial charge in [0, 0.05) is 18.7 Å². The molecule has 8 heteroatoms. The molecule has 0 spiro atoms. The van der Waals surface area contributed by atoms with Gasteiger partial charge in [0.05, 0.1) is 5.69 Å². The molecule has 0 aliphatic heterocycles. The van der Waals surface area contributed by atoms with Crippen molar-refractivity contribution in [2.24, 2.45) is 5.73 Å². The third-order valence-corrected chi connectivity index (χ3v) is 4.43. The molecule has 0 heterocycles. The Bertz CT molecular complexity index is 571. The molecule has 0 saturated carbocycles. The lowest BCUT2D eigenvalue weighted by Gasteiger charge is -2.20. The zero-order valence-corrected chi connectivity index (χ0v) is 12.3. The third-order valence-electron chi connectivity index (χ3n) is 2.53. The van der Waals surface area contributed by atoms with Crippen LogP contribution in [0.4, 0.5) is 10.1 Å². The number of nitrogens with one attached hydrogen (secondary N) is 1. The summed E-state index contributed by atoms with van der Waals surface area (Å²) in [6.07, 6.45) is 0. The summed E-state index contributed by atoms with van der Waals surface area (Å²) in [6.45, 7) is 4.11. The standard InChI is InChI=1S/C11H16FN3O2S2/c1-3-15(4-2)19(16,17)14-10-6-5-8(12)7-9(10)11(13)18/h5-7,14H,3-4H2,1-2H3,(H2,13,18). The smallest absolute Gasteiger partial charge is 0.301 e. The maximum Gasteiger partial charge on any atom is 0.301 e. The molecule has 1 rings (SSSR count). The monoisotopic (exact) mass is 305 g/mol. The quantitative estimate of drug-likeness (QED) is 0.780. The Hall–Kier alpha value is -1.25. The second kappa shape index (κ2) is 6.27. The average Bonchev–Trinajstić information content (AvgIpc) is 2.32. The summed E-state index contributed by atoms with van der Waals surface area (Å²) in [5.74, 6) is -0.534. The molecular weight excluding hydrogens is 289 g/mol. The molecule has 0 unspecified atom stereocenters. The van der Waals surface area contributed by atoms with Crippen LogP contribution >= 0.6 is 12.2 Å². The largest absolute Gasteiger partial charge is 0.389 e. The first-order valence-corrected chi connectivity index (χ1v) is 7.53. The number of hydrogen-bond acceptors (Lipinski definition) is 3. The summed E-state index contributed by atoms with van der Waals surface area (Å²) in [7, 11) is -3.70. The number of thiocarbonyl (C=S) groups is 1. The number of halogens is 1. The average molecular weight is 305 g/mol. The van der Waals surface area contributed by atoms with Gasteiger partial charge < -0.3 is 5.73 Å². The zero-order chi connectivity index (χ0) is 14.6. The number of hydrogen-bond donors (Lipinski definition) is 2. The van der Waals surface area contributed by atoms with E-state index in [1.165, 1.54) is 10.4 Å². The van der Waals surface area contributed by atoms with Gasteiger partial charge in [-0.05, 0) is 18.2 Å². The maximum absolute atomic E-state index is 13.1. The number of anilines is 1. The molecule has 0 aliphatic rings. The van der Waals surface area contributed by atoms with Crippen LogP contribution < -0.4 is 10.5 Å². The van der Waals surface area contributed by atoms with E-state index in [0.29, 0.717) is 13.1 Å². The van der Waals surface area contributed by atoms with Crippen LogP contribution in [0.15, 0.2) is 18.2 Å². The van der Waals surface area contributed by atoms with Gasteiger partial charge in [-0.3, -0.25) is 4.72 Å². The number of nitrogens with two attached hydrogens (primary N) is 1. The Morgan fingerprint density at radius 1 is 1.42 bits per heavy atom. The molecule has 1 aromatic rings. The highest BCUT2D eigenvalue weighted by atomic mass is 32.2. The molecule has 1 aromatic carbocycles. The van der Waals surface area contributed by atoms with Crippen molar-refractivity contribution in [1.29, 1.82) is 0 Å². The van der Waals surface area contributed by atoms with Crippen molar-refractivity contribution in [3.8, 4) is 0 Å². The summed E-state index contributed by atoms with van der Waals surface area (Å²) in [6, 6.07) is 3.54. The molecule has 0 amide bonds. The van der Waals surface area contributed by atoms with Gasteiger partial charge in [-0.1, -0.05) is 26.1 Å². The number of rotatable bonds is 6. The van der Waals surface area contributed by atoms with E-state index in [4.69, 9.17) is 18.0 Å². The minimum absolute atomic E-state index is 0.0725. The second-order valence-electron chi connectivity index (χ2n) is 3.75. The van der Waals surface area contributed by atoms with Crippen LogP contribution in [0.25, 0.3) is 0 Å². The highest BCUT2D eigenvalue weighted by Gasteiger charge is 2.20. The SMILES string of the molecule is CCN(CC)S(=O)(=O)Nc1ccc(F)cc1C(N)=S. The summed E-state index contributed by atoms with van der Waals surface area (Å²) in [5.41, 5.74) is 5.79. The van der Waals surface area contributed by atoms with E-state index in [0.717, 1.165) is 12.1 Å². The third kappa shape index (κ3) is 3.85. The molecule has 0 saturated heterocycles. The van der Waals surface area contributed by atoms with Gasteiger partial charge in [0.25, 0.3) is 0 Å². The van der Waals surface area contributed by atoms with E-state index >= 15 is 0 Å². The minimum atomic E-state index is -3.70.